The van der Waals surface area contributed by atoms with Gasteiger partial charge in [-0.2, -0.15) is 10.1 Å². The first-order valence-corrected chi connectivity index (χ1v) is 7.93. The minimum atomic E-state index is -0.506. The number of nitrogens with one attached hydrogen (secondary N) is 1. The fourth-order valence-corrected chi connectivity index (χ4v) is 2.89. The monoisotopic (exact) mass is 318 g/mol. The van der Waals surface area contributed by atoms with Crippen LogP contribution in [0, 0.1) is 0 Å². The van der Waals surface area contributed by atoms with Crippen molar-refractivity contribution in [2.75, 3.05) is 13.1 Å². The molecule has 0 aromatic carbocycles. The maximum atomic E-state index is 11.2. The standard InChI is InChI=1S/C15H22N6O2/c1-9(2)15-17-13(20-23-15)8-21-5-3-4-10(7-21)11-6-12(14(16)22)19-18-11/h6,9-10H,3-5,7-8H2,1-2H3,(H2,16,22)(H,18,19). The number of hydrogen-bond acceptors (Lipinski definition) is 6. The van der Waals surface area contributed by atoms with E-state index in [9.17, 15) is 4.79 Å². The summed E-state index contributed by atoms with van der Waals surface area (Å²) in [6.07, 6.45) is 2.13. The molecule has 1 aliphatic heterocycles. The van der Waals surface area contributed by atoms with Crippen molar-refractivity contribution in [3.05, 3.63) is 29.2 Å². The topological polar surface area (TPSA) is 114 Å². The van der Waals surface area contributed by atoms with E-state index >= 15 is 0 Å². The number of aromatic nitrogens is 4. The highest BCUT2D eigenvalue weighted by Gasteiger charge is 2.25. The minimum Gasteiger partial charge on any atom is -0.364 e. The van der Waals surface area contributed by atoms with Crippen LogP contribution in [-0.4, -0.2) is 44.2 Å². The van der Waals surface area contributed by atoms with E-state index in [-0.39, 0.29) is 11.6 Å². The summed E-state index contributed by atoms with van der Waals surface area (Å²) in [5, 5.41) is 10.9. The summed E-state index contributed by atoms with van der Waals surface area (Å²) in [5.41, 5.74) is 6.50. The number of rotatable bonds is 5. The van der Waals surface area contributed by atoms with Crippen LogP contribution >= 0.6 is 0 Å². The van der Waals surface area contributed by atoms with Crippen LogP contribution in [0.4, 0.5) is 0 Å². The Bertz CT molecular complexity index is 677. The van der Waals surface area contributed by atoms with Crippen molar-refractivity contribution in [2.24, 2.45) is 5.73 Å². The van der Waals surface area contributed by atoms with Gasteiger partial charge in [-0.3, -0.25) is 14.8 Å². The molecular formula is C15H22N6O2. The second-order valence-corrected chi connectivity index (χ2v) is 6.35. The Morgan fingerprint density at radius 1 is 1.57 bits per heavy atom. The minimum absolute atomic E-state index is 0.238. The number of likely N-dealkylation sites (tertiary alicyclic amines) is 1. The number of carbonyl (C=O) groups excluding carboxylic acids is 1. The first-order chi connectivity index (χ1) is 11.0. The number of aromatic amines is 1. The maximum Gasteiger partial charge on any atom is 0.269 e. The van der Waals surface area contributed by atoms with Crippen LogP contribution < -0.4 is 5.73 Å². The van der Waals surface area contributed by atoms with Gasteiger partial charge in [0, 0.05) is 24.1 Å². The zero-order valence-corrected chi connectivity index (χ0v) is 13.5. The molecule has 0 aliphatic carbocycles. The molecule has 1 fully saturated rings. The van der Waals surface area contributed by atoms with Crippen molar-refractivity contribution < 1.29 is 9.32 Å². The molecule has 124 valence electrons. The Morgan fingerprint density at radius 3 is 3.04 bits per heavy atom. The number of primary amides is 1. The third-order valence-electron chi connectivity index (χ3n) is 4.14. The number of hydrogen-bond donors (Lipinski definition) is 2. The van der Waals surface area contributed by atoms with E-state index < -0.39 is 5.91 Å². The average molecular weight is 318 g/mol. The molecule has 2 aromatic rings. The van der Waals surface area contributed by atoms with E-state index in [1.54, 1.807) is 6.07 Å². The molecule has 0 saturated carbocycles. The van der Waals surface area contributed by atoms with E-state index in [0.29, 0.717) is 18.4 Å². The highest BCUT2D eigenvalue weighted by Crippen LogP contribution is 2.26. The predicted octanol–water partition coefficient (Wildman–Crippen LogP) is 1.39. The molecule has 0 radical (unpaired) electrons. The van der Waals surface area contributed by atoms with Crippen LogP contribution in [0.1, 0.15) is 66.4 Å². The first kappa shape index (κ1) is 15.7. The van der Waals surface area contributed by atoms with Gasteiger partial charge in [0.1, 0.15) is 5.69 Å². The fourth-order valence-electron chi connectivity index (χ4n) is 2.89. The van der Waals surface area contributed by atoms with Crippen molar-refractivity contribution in [1.82, 2.24) is 25.2 Å². The van der Waals surface area contributed by atoms with Crippen LogP contribution in [-0.2, 0) is 6.54 Å². The van der Waals surface area contributed by atoms with E-state index in [1.807, 2.05) is 13.8 Å². The molecule has 0 bridgehead atoms. The normalized spacial score (nSPS) is 19.3. The van der Waals surface area contributed by atoms with Crippen LogP contribution in [0.2, 0.25) is 0 Å². The number of H-pyrrole nitrogens is 1. The second kappa shape index (κ2) is 6.49. The van der Waals surface area contributed by atoms with Crippen molar-refractivity contribution in [3.8, 4) is 0 Å². The number of nitrogens with two attached hydrogens (primary N) is 1. The largest absolute Gasteiger partial charge is 0.364 e. The molecule has 1 amide bonds. The van der Waals surface area contributed by atoms with E-state index in [1.165, 1.54) is 0 Å². The van der Waals surface area contributed by atoms with Crippen LogP contribution in [0.5, 0.6) is 0 Å². The van der Waals surface area contributed by atoms with Crippen LogP contribution in [0.3, 0.4) is 0 Å². The smallest absolute Gasteiger partial charge is 0.269 e. The molecule has 3 N–H and O–H groups in total. The van der Waals surface area contributed by atoms with Gasteiger partial charge in [0.05, 0.1) is 6.54 Å². The van der Waals surface area contributed by atoms with Gasteiger partial charge < -0.3 is 10.3 Å². The average Bonchev–Trinajstić information content (AvgIpc) is 3.16. The van der Waals surface area contributed by atoms with Gasteiger partial charge in [0.25, 0.3) is 5.91 Å². The summed E-state index contributed by atoms with van der Waals surface area (Å²) in [7, 11) is 0. The van der Waals surface area contributed by atoms with Gasteiger partial charge in [-0.1, -0.05) is 19.0 Å². The summed E-state index contributed by atoms with van der Waals surface area (Å²) in [6.45, 7) is 6.60. The van der Waals surface area contributed by atoms with E-state index in [2.05, 4.69) is 25.2 Å². The number of amides is 1. The lowest BCUT2D eigenvalue weighted by molar-refractivity contribution is 0.0995. The van der Waals surface area contributed by atoms with Gasteiger partial charge in [-0.25, -0.2) is 0 Å². The fraction of sp³-hybridized carbons (Fsp3) is 0.600. The van der Waals surface area contributed by atoms with Crippen molar-refractivity contribution in [3.63, 3.8) is 0 Å². The first-order valence-electron chi connectivity index (χ1n) is 7.93. The van der Waals surface area contributed by atoms with Crippen molar-refractivity contribution >= 4 is 5.91 Å². The van der Waals surface area contributed by atoms with Gasteiger partial charge in [0.2, 0.25) is 5.89 Å². The van der Waals surface area contributed by atoms with E-state index in [4.69, 9.17) is 10.3 Å². The maximum absolute atomic E-state index is 11.2. The molecule has 1 unspecified atom stereocenters. The Labute approximate surface area is 134 Å². The zero-order valence-electron chi connectivity index (χ0n) is 13.5. The molecule has 1 saturated heterocycles. The molecule has 3 rings (SSSR count). The molecule has 0 spiro atoms. The summed E-state index contributed by atoms with van der Waals surface area (Å²) in [5.74, 6) is 1.43. The van der Waals surface area contributed by atoms with Gasteiger partial charge in [-0.05, 0) is 25.5 Å². The quantitative estimate of drug-likeness (QED) is 0.861. The molecule has 3 heterocycles. The van der Waals surface area contributed by atoms with Gasteiger partial charge in [0.15, 0.2) is 5.82 Å². The summed E-state index contributed by atoms with van der Waals surface area (Å²) >= 11 is 0. The summed E-state index contributed by atoms with van der Waals surface area (Å²) < 4.78 is 5.25. The highest BCUT2D eigenvalue weighted by molar-refractivity contribution is 5.90. The Hall–Kier alpha value is -2.22. The molecule has 1 atom stereocenters. The molecular weight excluding hydrogens is 296 g/mol. The van der Waals surface area contributed by atoms with Crippen LogP contribution in [0.25, 0.3) is 0 Å². The van der Waals surface area contributed by atoms with Gasteiger partial charge in [-0.15, -0.1) is 0 Å². The Balaban J connectivity index is 1.64. The highest BCUT2D eigenvalue weighted by atomic mass is 16.5. The van der Waals surface area contributed by atoms with Gasteiger partial charge >= 0.3 is 0 Å². The number of nitrogens with zero attached hydrogens (tertiary/aromatic N) is 4. The van der Waals surface area contributed by atoms with Crippen LogP contribution in [0.15, 0.2) is 10.6 Å². The molecule has 8 heteroatoms. The summed E-state index contributed by atoms with van der Waals surface area (Å²) in [6, 6.07) is 1.75. The van der Waals surface area contributed by atoms with Crippen molar-refractivity contribution in [1.29, 1.82) is 0 Å². The van der Waals surface area contributed by atoms with Crippen molar-refractivity contribution in [2.45, 2.75) is 45.1 Å². The molecule has 23 heavy (non-hydrogen) atoms. The lowest BCUT2D eigenvalue weighted by Gasteiger charge is -2.31. The lowest BCUT2D eigenvalue weighted by atomic mass is 9.94. The SMILES string of the molecule is CC(C)c1nc(CN2CCCC(c3cc(C(N)=O)n[nH]3)C2)no1. The Morgan fingerprint density at radius 2 is 2.39 bits per heavy atom. The lowest BCUT2D eigenvalue weighted by Crippen LogP contribution is -2.34. The van der Waals surface area contributed by atoms with E-state index in [0.717, 1.165) is 37.4 Å². The third kappa shape index (κ3) is 3.58. The zero-order chi connectivity index (χ0) is 16.4. The molecule has 8 nitrogen and oxygen atoms in total. The predicted molar refractivity (Wildman–Crippen MR) is 82.7 cm³/mol. The third-order valence-corrected chi connectivity index (χ3v) is 4.14. The second-order valence-electron chi connectivity index (χ2n) is 6.35. The molecule has 2 aromatic heterocycles. The Kier molecular flexibility index (Phi) is 4.42. The number of carbonyl (C=O) groups is 1. The summed E-state index contributed by atoms with van der Waals surface area (Å²) in [4.78, 5) is 17.9. The number of piperidine rings is 1. The molecule has 1 aliphatic rings.